The number of fused-ring (bicyclic) bond motifs is 3. The first-order valence-electron chi connectivity index (χ1n) is 21.9. The Morgan fingerprint density at radius 3 is 2.36 bits per heavy atom. The Balaban J connectivity index is 0.000000276. The number of amides is 2. The van der Waals surface area contributed by atoms with Gasteiger partial charge in [-0.1, -0.05) is 57.2 Å². The van der Waals surface area contributed by atoms with Crippen molar-refractivity contribution in [2.45, 2.75) is 116 Å². The fourth-order valence-electron chi connectivity index (χ4n) is 8.79. The molecule has 324 valence electrons. The van der Waals surface area contributed by atoms with E-state index in [4.69, 9.17) is 21.1 Å². The van der Waals surface area contributed by atoms with E-state index in [2.05, 4.69) is 52.4 Å². The van der Waals surface area contributed by atoms with E-state index in [1.807, 2.05) is 50.8 Å². The minimum Gasteiger partial charge on any atom is -0.491 e. The molecule has 2 saturated heterocycles. The second-order valence-electron chi connectivity index (χ2n) is 18.4. The minimum atomic E-state index is -1.43. The number of likely N-dealkylation sites (N-methyl/N-ethyl adjacent to an activating group) is 1. The molecule has 58 heavy (non-hydrogen) atoms. The molecular formula is C46H72ClN5O5S. The lowest BCUT2D eigenvalue weighted by Crippen LogP contribution is -2.60. The van der Waals surface area contributed by atoms with Crippen LogP contribution in [0.25, 0.3) is 0 Å². The zero-order valence-corrected chi connectivity index (χ0v) is 38.2. The fourth-order valence-corrected chi connectivity index (χ4v) is 10.0. The van der Waals surface area contributed by atoms with Gasteiger partial charge in [0.1, 0.15) is 16.7 Å². The molecule has 0 spiro atoms. The number of nitrogens with one attached hydrogen (secondary N) is 1. The molecule has 2 aromatic carbocycles. The molecule has 1 N–H and O–H groups in total. The number of benzene rings is 2. The van der Waals surface area contributed by atoms with Crippen molar-refractivity contribution in [3.05, 3.63) is 58.1 Å². The molecule has 4 heterocycles. The van der Waals surface area contributed by atoms with E-state index >= 15 is 0 Å². The van der Waals surface area contributed by atoms with E-state index in [0.717, 1.165) is 107 Å². The third kappa shape index (κ3) is 12.9. The summed E-state index contributed by atoms with van der Waals surface area (Å²) in [5.74, 6) is 2.45. The summed E-state index contributed by atoms with van der Waals surface area (Å²) in [7, 11) is 2.43. The molecule has 1 saturated carbocycles. The molecule has 5 aliphatic rings. The largest absolute Gasteiger partial charge is 0.491 e. The fraction of sp³-hybridized carbons (Fsp3) is 0.696. The van der Waals surface area contributed by atoms with Gasteiger partial charge in [0.05, 0.1) is 23.1 Å². The first-order chi connectivity index (χ1) is 27.7. The van der Waals surface area contributed by atoms with E-state index in [0.29, 0.717) is 30.0 Å². The van der Waals surface area contributed by atoms with Crippen molar-refractivity contribution >= 4 is 40.6 Å². The maximum absolute atomic E-state index is 13.2. The lowest BCUT2D eigenvalue weighted by molar-refractivity contribution is -0.121. The number of rotatable bonds is 4. The van der Waals surface area contributed by atoms with E-state index in [9.17, 15) is 13.8 Å². The van der Waals surface area contributed by atoms with Crippen LogP contribution in [0.4, 0.5) is 5.69 Å². The molecule has 7 atom stereocenters. The van der Waals surface area contributed by atoms with Gasteiger partial charge < -0.3 is 24.2 Å². The van der Waals surface area contributed by atoms with Crippen LogP contribution in [0, 0.1) is 17.8 Å². The first kappa shape index (κ1) is 46.4. The van der Waals surface area contributed by atoms with Gasteiger partial charge in [-0.05, 0) is 120 Å². The Labute approximate surface area is 357 Å². The van der Waals surface area contributed by atoms with Crippen molar-refractivity contribution in [3.63, 3.8) is 0 Å². The average Bonchev–Trinajstić information content (AvgIpc) is 3.37. The molecule has 1 aliphatic carbocycles. The smallest absolute Gasteiger partial charge is 0.263 e. The van der Waals surface area contributed by atoms with Crippen molar-refractivity contribution in [3.8, 4) is 5.75 Å². The molecule has 7 unspecified atom stereocenters. The van der Waals surface area contributed by atoms with Crippen LogP contribution in [0.1, 0.15) is 114 Å². The maximum Gasteiger partial charge on any atom is 0.263 e. The zero-order valence-electron chi connectivity index (χ0n) is 36.6. The van der Waals surface area contributed by atoms with Gasteiger partial charge in [0.2, 0.25) is 6.41 Å². The Kier molecular flexibility index (Phi) is 17.4. The molecule has 12 heteroatoms. The second kappa shape index (κ2) is 21.7. The van der Waals surface area contributed by atoms with Crippen LogP contribution in [0.5, 0.6) is 5.75 Å². The van der Waals surface area contributed by atoms with Crippen LogP contribution in [0.3, 0.4) is 0 Å². The van der Waals surface area contributed by atoms with Crippen molar-refractivity contribution in [2.24, 2.45) is 17.8 Å². The summed E-state index contributed by atoms with van der Waals surface area (Å²) >= 11 is 6.39. The lowest BCUT2D eigenvalue weighted by Gasteiger charge is -2.45. The monoisotopic (exact) mass is 841 g/mol. The van der Waals surface area contributed by atoms with Gasteiger partial charge in [-0.25, -0.2) is 4.21 Å². The van der Waals surface area contributed by atoms with Gasteiger partial charge in [0, 0.05) is 82.0 Å². The molecule has 4 aliphatic heterocycles. The number of aryl methyl sites for hydroxylation is 1. The quantitative estimate of drug-likeness (QED) is 0.312. The second-order valence-corrected chi connectivity index (χ2v) is 20.3. The third-order valence-electron chi connectivity index (χ3n) is 13.0. The summed E-state index contributed by atoms with van der Waals surface area (Å²) in [4.78, 5) is 33.0. The third-order valence-corrected chi connectivity index (χ3v) is 14.8. The van der Waals surface area contributed by atoms with Gasteiger partial charge in [0.25, 0.3) is 5.91 Å². The number of methoxy groups -OCH3 is 1. The van der Waals surface area contributed by atoms with Gasteiger partial charge >= 0.3 is 0 Å². The van der Waals surface area contributed by atoms with Crippen LogP contribution < -0.4 is 14.4 Å². The number of hydrogen-bond donors (Lipinski definition) is 1. The van der Waals surface area contributed by atoms with Crippen molar-refractivity contribution in [1.29, 1.82) is 0 Å². The normalized spacial score (nSPS) is 28.4. The first-order valence-corrected chi connectivity index (χ1v) is 23.5. The van der Waals surface area contributed by atoms with Crippen LogP contribution in [-0.2, 0) is 26.9 Å². The number of anilines is 1. The van der Waals surface area contributed by atoms with Crippen LogP contribution in [0.2, 0.25) is 5.02 Å². The van der Waals surface area contributed by atoms with Crippen molar-refractivity contribution in [1.82, 2.24) is 19.4 Å². The SMILES string of the molecule is CCCc1cc(Cl)ccc1C1COc2ccc3cc2N(C1)CC1CCC1CCCCC(C)C(C)S(=O)NC3=O.CN1CCN2CCN(C=O)CC2C1.COC(C)(C)C. The molecule has 0 radical (unpaired) electrons. The highest BCUT2D eigenvalue weighted by Crippen LogP contribution is 2.43. The minimum absolute atomic E-state index is 0.0417. The molecule has 3 fully saturated rings. The Morgan fingerprint density at radius 1 is 0.948 bits per heavy atom. The van der Waals surface area contributed by atoms with E-state index in [-0.39, 0.29) is 22.7 Å². The lowest BCUT2D eigenvalue weighted by atomic mass is 9.70. The molecule has 10 nitrogen and oxygen atoms in total. The summed E-state index contributed by atoms with van der Waals surface area (Å²) in [5.41, 5.74) is 4.15. The number of piperazine rings is 2. The van der Waals surface area contributed by atoms with Gasteiger partial charge in [-0.2, -0.15) is 0 Å². The van der Waals surface area contributed by atoms with Crippen molar-refractivity contribution in [2.75, 3.05) is 78.0 Å². The number of halogens is 1. The number of carbonyl (C=O) groups excluding carboxylic acids is 2. The van der Waals surface area contributed by atoms with Gasteiger partial charge in [0.15, 0.2) is 0 Å². The molecule has 0 aromatic heterocycles. The van der Waals surface area contributed by atoms with Gasteiger partial charge in [-0.15, -0.1) is 0 Å². The van der Waals surface area contributed by atoms with Crippen molar-refractivity contribution < 1.29 is 23.3 Å². The summed E-state index contributed by atoms with van der Waals surface area (Å²) < 4.78 is 27.2. The Bertz CT molecular complexity index is 1670. The van der Waals surface area contributed by atoms with E-state index < -0.39 is 11.0 Å². The average molecular weight is 843 g/mol. The predicted octanol–water partition coefficient (Wildman–Crippen LogP) is 7.80. The van der Waals surface area contributed by atoms with Gasteiger partial charge in [-0.3, -0.25) is 19.2 Å². The summed E-state index contributed by atoms with van der Waals surface area (Å²) in [6.07, 6.45) is 10.3. The highest BCUT2D eigenvalue weighted by molar-refractivity contribution is 7.84. The topological polar surface area (TPSA) is 94.7 Å². The number of ether oxygens (including phenoxy) is 2. The van der Waals surface area contributed by atoms with Crippen LogP contribution in [-0.4, -0.2) is 121 Å². The number of carbonyl (C=O) groups is 2. The molecule has 2 aromatic rings. The summed E-state index contributed by atoms with van der Waals surface area (Å²) in [6.45, 7) is 21.1. The standard InChI is InChI=1S/C32H43ClN2O3S.C9H17N3O.C5H12O/c1-4-7-24-16-28(33)13-14-29(24)27-19-35-18-26-11-10-23(26)9-6-5-8-21(2)22(3)39(37)34-32(36)25-12-15-31(38-20-27)30(35)17-25;1-10-2-4-12-5-3-11(8-13)7-9(12)6-10;1-5(2,3)6-4/h12-17,21-23,26-27H,4-11,18-20H2,1-3H3,(H,34,36);8-9H,2-7H2,1H3;1-4H3. The number of nitrogens with zero attached hydrogens (tertiary/aromatic N) is 4. The maximum atomic E-state index is 13.2. The van der Waals surface area contributed by atoms with Crippen LogP contribution in [0.15, 0.2) is 36.4 Å². The van der Waals surface area contributed by atoms with Crippen LogP contribution >= 0.6 is 11.6 Å². The summed E-state index contributed by atoms with van der Waals surface area (Å²) in [5, 5.41) is 0.690. The summed E-state index contributed by atoms with van der Waals surface area (Å²) in [6, 6.07) is 12.5. The Hall–Kier alpha value is -2.70. The predicted molar refractivity (Wildman–Crippen MR) is 239 cm³/mol. The van der Waals surface area contributed by atoms with E-state index in [1.165, 1.54) is 36.8 Å². The number of hydrogen-bond acceptors (Lipinski definition) is 8. The molecular weight excluding hydrogens is 770 g/mol. The Morgan fingerprint density at radius 2 is 1.67 bits per heavy atom. The highest BCUT2D eigenvalue weighted by Gasteiger charge is 2.35. The zero-order chi connectivity index (χ0) is 42.0. The molecule has 2 bridgehead atoms. The van der Waals surface area contributed by atoms with E-state index in [1.54, 1.807) is 13.2 Å². The molecule has 2 amide bonds. The molecule has 7 rings (SSSR count). The highest BCUT2D eigenvalue weighted by atomic mass is 35.5.